The van der Waals surface area contributed by atoms with E-state index in [9.17, 15) is 13.2 Å². The number of pyridine rings is 1. The highest BCUT2D eigenvalue weighted by Crippen LogP contribution is 2.31. The van der Waals surface area contributed by atoms with Gasteiger partial charge in [0.05, 0.1) is 0 Å². The Hall–Kier alpha value is -1.84. The molecule has 1 aromatic heterocycles. The molecule has 0 radical (unpaired) electrons. The van der Waals surface area contributed by atoms with E-state index in [0.29, 0.717) is 12.1 Å². The molecule has 2 rings (SSSR count). The lowest BCUT2D eigenvalue weighted by Crippen LogP contribution is -2.11. The van der Waals surface area contributed by atoms with Crippen molar-refractivity contribution in [3.8, 4) is 0 Å². The zero-order chi connectivity index (χ0) is 13.9. The topological polar surface area (TPSA) is 12.9 Å². The van der Waals surface area contributed by atoms with Crippen LogP contribution in [0.5, 0.6) is 0 Å². The Morgan fingerprint density at radius 1 is 1.00 bits per heavy atom. The molecule has 0 fully saturated rings. The fourth-order valence-electron chi connectivity index (χ4n) is 2.10. The van der Waals surface area contributed by atoms with Crippen molar-refractivity contribution in [2.75, 3.05) is 0 Å². The molecule has 0 aliphatic carbocycles. The third-order valence-corrected chi connectivity index (χ3v) is 3.03. The van der Waals surface area contributed by atoms with Gasteiger partial charge >= 0.3 is 6.18 Å². The molecular weight excluding hydrogens is 251 g/mol. The zero-order valence-electron chi connectivity index (χ0n) is 10.5. The number of hydrogen-bond donors (Lipinski definition) is 0. The molecule has 100 valence electrons. The summed E-state index contributed by atoms with van der Waals surface area (Å²) >= 11 is 0. The second-order valence-electron chi connectivity index (χ2n) is 4.32. The van der Waals surface area contributed by atoms with Crippen LogP contribution in [0.3, 0.4) is 0 Å². The number of hydrogen-bond acceptors (Lipinski definition) is 1. The number of benzene rings is 1. The predicted molar refractivity (Wildman–Crippen MR) is 67.8 cm³/mol. The minimum Gasteiger partial charge on any atom is -0.248 e. The molecule has 0 aliphatic rings. The van der Waals surface area contributed by atoms with Gasteiger partial charge in [-0.3, -0.25) is 0 Å². The molecule has 19 heavy (non-hydrogen) atoms. The van der Waals surface area contributed by atoms with Gasteiger partial charge in [0, 0.05) is 11.6 Å². The van der Waals surface area contributed by atoms with Gasteiger partial charge < -0.3 is 0 Å². The van der Waals surface area contributed by atoms with Gasteiger partial charge in [0.25, 0.3) is 0 Å². The average Bonchev–Trinajstić information content (AvgIpc) is 2.40. The zero-order valence-corrected chi connectivity index (χ0v) is 10.5. The van der Waals surface area contributed by atoms with E-state index in [4.69, 9.17) is 0 Å². The average molecular weight is 265 g/mol. The quantitative estimate of drug-likeness (QED) is 0.787. The molecule has 2 aromatic rings. The Bertz CT molecular complexity index is 535. The first-order valence-corrected chi connectivity index (χ1v) is 6.11. The van der Waals surface area contributed by atoms with Crippen LogP contribution in [0.15, 0.2) is 48.5 Å². The Labute approximate surface area is 110 Å². The van der Waals surface area contributed by atoms with Gasteiger partial charge in [-0.2, -0.15) is 13.2 Å². The van der Waals surface area contributed by atoms with Crippen LogP contribution in [0.25, 0.3) is 0 Å². The second-order valence-corrected chi connectivity index (χ2v) is 4.32. The maximum atomic E-state index is 12.7. The third kappa shape index (κ3) is 3.13. The van der Waals surface area contributed by atoms with Gasteiger partial charge in [-0.05, 0) is 24.1 Å². The van der Waals surface area contributed by atoms with Crippen molar-refractivity contribution < 1.29 is 13.2 Å². The van der Waals surface area contributed by atoms with E-state index < -0.39 is 11.9 Å². The molecule has 1 nitrogen and oxygen atoms in total. The summed E-state index contributed by atoms with van der Waals surface area (Å²) in [6.45, 7) is 1.94. The molecule has 0 unspecified atom stereocenters. The first kappa shape index (κ1) is 13.6. The summed E-state index contributed by atoms with van der Waals surface area (Å²) in [4.78, 5) is 3.77. The minimum atomic E-state index is -4.40. The van der Waals surface area contributed by atoms with Gasteiger partial charge in [-0.1, -0.05) is 43.3 Å². The van der Waals surface area contributed by atoms with Crippen LogP contribution in [0.1, 0.15) is 36.2 Å². The monoisotopic (exact) mass is 265 g/mol. The fourth-order valence-corrected chi connectivity index (χ4v) is 2.10. The van der Waals surface area contributed by atoms with Crippen molar-refractivity contribution in [2.45, 2.75) is 25.4 Å². The van der Waals surface area contributed by atoms with Gasteiger partial charge in [0.1, 0.15) is 5.69 Å². The molecule has 0 bridgehead atoms. The summed E-state index contributed by atoms with van der Waals surface area (Å²) in [5, 5.41) is 0. The smallest absolute Gasteiger partial charge is 0.248 e. The Kier molecular flexibility index (Phi) is 3.88. The normalized spacial score (nSPS) is 13.3. The van der Waals surface area contributed by atoms with Gasteiger partial charge in [-0.15, -0.1) is 0 Å². The molecule has 1 atom stereocenters. The summed E-state index contributed by atoms with van der Waals surface area (Å²) in [6, 6.07) is 13.5. The summed E-state index contributed by atoms with van der Waals surface area (Å²) in [5.74, 6) is -0.108. The highest BCUT2D eigenvalue weighted by Gasteiger charge is 2.32. The summed E-state index contributed by atoms with van der Waals surface area (Å²) < 4.78 is 38.0. The van der Waals surface area contributed by atoms with Crippen molar-refractivity contribution in [3.63, 3.8) is 0 Å². The molecule has 0 N–H and O–H groups in total. The van der Waals surface area contributed by atoms with Crippen LogP contribution in [0, 0.1) is 0 Å². The molecule has 0 spiro atoms. The van der Waals surface area contributed by atoms with E-state index in [0.717, 1.165) is 11.6 Å². The number of alkyl halides is 3. The Morgan fingerprint density at radius 2 is 1.68 bits per heavy atom. The van der Waals surface area contributed by atoms with Gasteiger partial charge in [0.2, 0.25) is 0 Å². The SMILES string of the molecule is CC[C@H](c1ccccc1)c1cccc(C(F)(F)F)n1. The second kappa shape index (κ2) is 5.43. The van der Waals surface area contributed by atoms with E-state index in [2.05, 4.69) is 4.98 Å². The van der Waals surface area contributed by atoms with Crippen molar-refractivity contribution >= 4 is 0 Å². The van der Waals surface area contributed by atoms with Crippen LogP contribution < -0.4 is 0 Å². The van der Waals surface area contributed by atoms with Crippen molar-refractivity contribution in [1.29, 1.82) is 0 Å². The van der Waals surface area contributed by atoms with Crippen molar-refractivity contribution in [2.24, 2.45) is 0 Å². The number of aromatic nitrogens is 1. The van der Waals surface area contributed by atoms with Gasteiger partial charge in [-0.25, -0.2) is 4.98 Å². The molecule has 0 amide bonds. The standard InChI is InChI=1S/C15H14F3N/c1-2-12(11-7-4-3-5-8-11)13-9-6-10-14(19-13)15(16,17)18/h3-10,12H,2H2,1H3/t12-/m1/s1. The van der Waals surface area contributed by atoms with E-state index >= 15 is 0 Å². The van der Waals surface area contributed by atoms with Crippen LogP contribution in [0.4, 0.5) is 13.2 Å². The molecule has 4 heteroatoms. The highest BCUT2D eigenvalue weighted by atomic mass is 19.4. The lowest BCUT2D eigenvalue weighted by molar-refractivity contribution is -0.141. The molecule has 0 saturated heterocycles. The van der Waals surface area contributed by atoms with Crippen molar-refractivity contribution in [1.82, 2.24) is 4.98 Å². The van der Waals surface area contributed by atoms with E-state index in [1.807, 2.05) is 37.3 Å². The first-order valence-electron chi connectivity index (χ1n) is 6.11. The van der Waals surface area contributed by atoms with E-state index in [1.54, 1.807) is 6.07 Å². The maximum absolute atomic E-state index is 12.7. The summed E-state index contributed by atoms with van der Waals surface area (Å²) in [7, 11) is 0. The molecular formula is C15H14F3N. The predicted octanol–water partition coefficient (Wildman–Crippen LogP) is 4.64. The Balaban J connectivity index is 2.40. The summed E-state index contributed by atoms with van der Waals surface area (Å²) in [5.41, 5.74) is 0.611. The summed E-state index contributed by atoms with van der Waals surface area (Å²) in [6.07, 6.45) is -3.69. The highest BCUT2D eigenvalue weighted by molar-refractivity contribution is 5.29. The lowest BCUT2D eigenvalue weighted by atomic mass is 9.92. The Morgan fingerprint density at radius 3 is 2.26 bits per heavy atom. The lowest BCUT2D eigenvalue weighted by Gasteiger charge is -2.16. The van der Waals surface area contributed by atoms with Crippen molar-refractivity contribution in [3.05, 3.63) is 65.5 Å². The first-order chi connectivity index (χ1) is 9.02. The van der Waals surface area contributed by atoms with Crippen LogP contribution >= 0.6 is 0 Å². The molecule has 0 saturated carbocycles. The number of nitrogens with zero attached hydrogens (tertiary/aromatic N) is 1. The van der Waals surface area contributed by atoms with Gasteiger partial charge in [0.15, 0.2) is 0 Å². The number of rotatable bonds is 3. The minimum absolute atomic E-state index is 0.108. The van der Waals surface area contributed by atoms with Crippen LogP contribution in [-0.2, 0) is 6.18 Å². The van der Waals surface area contributed by atoms with Crippen LogP contribution in [0.2, 0.25) is 0 Å². The third-order valence-electron chi connectivity index (χ3n) is 3.03. The molecule has 1 aromatic carbocycles. The van der Waals surface area contributed by atoms with E-state index in [1.165, 1.54) is 6.07 Å². The largest absolute Gasteiger partial charge is 0.433 e. The number of halogens is 3. The van der Waals surface area contributed by atoms with E-state index in [-0.39, 0.29) is 5.92 Å². The molecule has 0 aliphatic heterocycles. The maximum Gasteiger partial charge on any atom is 0.433 e. The molecule has 1 heterocycles. The fraction of sp³-hybridized carbons (Fsp3) is 0.267. The van der Waals surface area contributed by atoms with Crippen LogP contribution in [-0.4, -0.2) is 4.98 Å².